The largest absolute Gasteiger partial charge is 0.372 e. The van der Waals surface area contributed by atoms with Crippen LogP contribution in [0.2, 0.25) is 0 Å². The highest BCUT2D eigenvalue weighted by Crippen LogP contribution is 2.20. The van der Waals surface area contributed by atoms with Crippen molar-refractivity contribution >= 4 is 11.7 Å². The minimum atomic E-state index is -0.226. The molecule has 0 spiro atoms. The minimum absolute atomic E-state index is 0.0101. The summed E-state index contributed by atoms with van der Waals surface area (Å²) in [5.74, 6) is 0.921. The zero-order valence-electron chi connectivity index (χ0n) is 14.4. The van der Waals surface area contributed by atoms with Gasteiger partial charge in [-0.1, -0.05) is 13.0 Å². The van der Waals surface area contributed by atoms with Crippen molar-refractivity contribution in [3.05, 3.63) is 30.2 Å². The number of pyridine rings is 1. The quantitative estimate of drug-likeness (QED) is 0.849. The molecule has 1 atom stereocenters. The van der Waals surface area contributed by atoms with Crippen molar-refractivity contribution in [3.63, 3.8) is 0 Å². The fraction of sp³-hybridized carbons (Fsp3) is 0.588. The molecule has 3 heterocycles. The van der Waals surface area contributed by atoms with Crippen molar-refractivity contribution in [2.24, 2.45) is 0 Å². The number of morpholine rings is 1. The van der Waals surface area contributed by atoms with Crippen molar-refractivity contribution in [1.82, 2.24) is 24.8 Å². The lowest BCUT2D eigenvalue weighted by Gasteiger charge is -2.39. The zero-order valence-corrected chi connectivity index (χ0v) is 14.4. The molecule has 1 saturated heterocycles. The molecule has 7 nitrogen and oxygen atoms in total. The van der Waals surface area contributed by atoms with Crippen LogP contribution in [0.1, 0.15) is 32.5 Å². The van der Waals surface area contributed by atoms with Crippen LogP contribution >= 0.6 is 0 Å². The molecule has 0 radical (unpaired) electrons. The van der Waals surface area contributed by atoms with Crippen LogP contribution in [0.25, 0.3) is 5.65 Å². The van der Waals surface area contributed by atoms with Gasteiger partial charge in [0.25, 0.3) is 0 Å². The Morgan fingerprint density at radius 3 is 3.12 bits per heavy atom. The van der Waals surface area contributed by atoms with Crippen LogP contribution in [0.3, 0.4) is 0 Å². The van der Waals surface area contributed by atoms with Crippen molar-refractivity contribution in [1.29, 1.82) is 0 Å². The summed E-state index contributed by atoms with van der Waals surface area (Å²) in [6.07, 6.45) is 4.47. The summed E-state index contributed by atoms with van der Waals surface area (Å²) >= 11 is 0. The number of nitrogens with zero attached hydrogens (tertiary/aromatic N) is 4. The van der Waals surface area contributed by atoms with Gasteiger partial charge in [0.2, 0.25) is 0 Å². The third kappa shape index (κ3) is 3.67. The third-order valence-corrected chi connectivity index (χ3v) is 4.61. The molecule has 3 rings (SSSR count). The predicted molar refractivity (Wildman–Crippen MR) is 90.9 cm³/mol. The summed E-state index contributed by atoms with van der Waals surface area (Å²) in [6, 6.07) is 5.83. The number of urea groups is 1. The Hall–Kier alpha value is -2.15. The van der Waals surface area contributed by atoms with Gasteiger partial charge < -0.3 is 15.0 Å². The fourth-order valence-corrected chi connectivity index (χ4v) is 2.93. The predicted octanol–water partition coefficient (Wildman–Crippen LogP) is 1.87. The number of carbonyl (C=O) groups is 1. The maximum Gasteiger partial charge on any atom is 0.317 e. The van der Waals surface area contributed by atoms with Crippen LogP contribution in [0.4, 0.5) is 4.79 Å². The highest BCUT2D eigenvalue weighted by Gasteiger charge is 2.32. The van der Waals surface area contributed by atoms with E-state index in [2.05, 4.69) is 29.4 Å². The lowest BCUT2D eigenvalue weighted by molar-refractivity contribution is -0.0872. The first-order chi connectivity index (χ1) is 11.6. The molecule has 2 aromatic heterocycles. The Balaban J connectivity index is 1.45. The minimum Gasteiger partial charge on any atom is -0.372 e. The smallest absolute Gasteiger partial charge is 0.317 e. The van der Waals surface area contributed by atoms with Gasteiger partial charge in [-0.2, -0.15) is 0 Å². The highest BCUT2D eigenvalue weighted by molar-refractivity contribution is 5.74. The molecule has 0 bridgehead atoms. The lowest BCUT2D eigenvalue weighted by atomic mass is 10.0. The van der Waals surface area contributed by atoms with Gasteiger partial charge in [-0.15, -0.1) is 10.2 Å². The molecule has 24 heavy (non-hydrogen) atoms. The van der Waals surface area contributed by atoms with Crippen LogP contribution in [0.15, 0.2) is 24.4 Å². The number of nitrogens with one attached hydrogen (secondary N) is 1. The average Bonchev–Trinajstić information content (AvgIpc) is 3.02. The molecule has 2 aromatic rings. The normalized spacial score (nSPS) is 21.2. The van der Waals surface area contributed by atoms with Crippen molar-refractivity contribution < 1.29 is 9.53 Å². The van der Waals surface area contributed by atoms with E-state index in [1.165, 1.54) is 0 Å². The molecule has 0 aromatic carbocycles. The second-order valence-corrected chi connectivity index (χ2v) is 6.45. The van der Waals surface area contributed by atoms with E-state index in [4.69, 9.17) is 4.74 Å². The van der Waals surface area contributed by atoms with E-state index in [-0.39, 0.29) is 11.6 Å². The van der Waals surface area contributed by atoms with Crippen LogP contribution < -0.4 is 5.32 Å². The summed E-state index contributed by atoms with van der Waals surface area (Å²) in [4.78, 5) is 14.1. The van der Waals surface area contributed by atoms with Crippen molar-refractivity contribution in [2.75, 3.05) is 26.2 Å². The van der Waals surface area contributed by atoms with E-state index in [1.807, 2.05) is 33.7 Å². The van der Waals surface area contributed by atoms with Gasteiger partial charge in [0.05, 0.1) is 18.8 Å². The summed E-state index contributed by atoms with van der Waals surface area (Å²) in [6.45, 7) is 6.66. The summed E-state index contributed by atoms with van der Waals surface area (Å²) in [5, 5.41) is 11.3. The fourth-order valence-electron chi connectivity index (χ4n) is 2.93. The van der Waals surface area contributed by atoms with Crippen LogP contribution in [0.5, 0.6) is 0 Å². The van der Waals surface area contributed by atoms with Crippen molar-refractivity contribution in [2.45, 2.75) is 38.7 Å². The molecule has 1 fully saturated rings. The molecule has 2 amide bonds. The lowest BCUT2D eigenvalue weighted by Crippen LogP contribution is -2.54. The van der Waals surface area contributed by atoms with Gasteiger partial charge in [0.1, 0.15) is 5.82 Å². The Kier molecular flexibility index (Phi) is 4.99. The second kappa shape index (κ2) is 7.17. The van der Waals surface area contributed by atoms with Gasteiger partial charge in [-0.25, -0.2) is 4.79 Å². The van der Waals surface area contributed by atoms with E-state index >= 15 is 0 Å². The molecule has 1 aliphatic rings. The summed E-state index contributed by atoms with van der Waals surface area (Å²) < 4.78 is 7.75. The summed E-state index contributed by atoms with van der Waals surface area (Å²) in [7, 11) is 0. The Bertz CT molecular complexity index is 701. The number of aryl methyl sites for hydroxylation is 1. The SMILES string of the molecule is CCC1(C)CN(C(=O)NCCCc2nnc3ccccn23)CCO1. The highest BCUT2D eigenvalue weighted by atomic mass is 16.5. The number of hydrogen-bond donors (Lipinski definition) is 1. The zero-order chi connectivity index (χ0) is 17.0. The molecular weight excluding hydrogens is 306 g/mol. The molecule has 1 N–H and O–H groups in total. The van der Waals surface area contributed by atoms with E-state index in [1.54, 1.807) is 0 Å². The van der Waals surface area contributed by atoms with E-state index in [9.17, 15) is 4.79 Å². The number of hydrogen-bond acceptors (Lipinski definition) is 4. The molecule has 0 saturated carbocycles. The van der Waals surface area contributed by atoms with E-state index < -0.39 is 0 Å². The first-order valence-electron chi connectivity index (χ1n) is 8.57. The summed E-state index contributed by atoms with van der Waals surface area (Å²) in [5.41, 5.74) is 0.624. The number of ether oxygens (including phenoxy) is 1. The monoisotopic (exact) mass is 331 g/mol. The first-order valence-corrected chi connectivity index (χ1v) is 8.57. The van der Waals surface area contributed by atoms with Crippen LogP contribution in [-0.4, -0.2) is 57.4 Å². The van der Waals surface area contributed by atoms with Gasteiger partial charge in [0.15, 0.2) is 5.65 Å². The van der Waals surface area contributed by atoms with Gasteiger partial charge in [0, 0.05) is 25.7 Å². The van der Waals surface area contributed by atoms with E-state index in [0.717, 1.165) is 30.7 Å². The Morgan fingerprint density at radius 1 is 1.42 bits per heavy atom. The molecular formula is C17H25N5O2. The van der Waals surface area contributed by atoms with Gasteiger partial charge in [-0.3, -0.25) is 4.40 Å². The number of carbonyl (C=O) groups excluding carboxylic acids is 1. The molecule has 1 unspecified atom stereocenters. The molecule has 1 aliphatic heterocycles. The van der Waals surface area contributed by atoms with E-state index in [0.29, 0.717) is 26.2 Å². The number of aromatic nitrogens is 3. The maximum absolute atomic E-state index is 12.3. The Labute approximate surface area is 142 Å². The van der Waals surface area contributed by atoms with Crippen LogP contribution in [-0.2, 0) is 11.2 Å². The van der Waals surface area contributed by atoms with Crippen LogP contribution in [0, 0.1) is 0 Å². The van der Waals surface area contributed by atoms with Gasteiger partial charge in [-0.05, 0) is 31.9 Å². The number of fused-ring (bicyclic) bond motifs is 1. The molecule has 130 valence electrons. The second-order valence-electron chi connectivity index (χ2n) is 6.45. The third-order valence-electron chi connectivity index (χ3n) is 4.61. The molecule has 0 aliphatic carbocycles. The Morgan fingerprint density at radius 2 is 2.29 bits per heavy atom. The first kappa shape index (κ1) is 16.7. The number of amides is 2. The standard InChI is InChI=1S/C17H25N5O2/c1-3-17(2)13-21(11-12-24-17)16(23)18-9-6-8-15-20-19-14-7-4-5-10-22(14)15/h4-5,7,10H,3,6,8-9,11-13H2,1-2H3,(H,18,23). The topological polar surface area (TPSA) is 71.8 Å². The molecule has 7 heteroatoms. The maximum atomic E-state index is 12.3. The van der Waals surface area contributed by atoms with Crippen molar-refractivity contribution in [3.8, 4) is 0 Å². The van der Waals surface area contributed by atoms with Gasteiger partial charge >= 0.3 is 6.03 Å². The number of rotatable bonds is 5. The average molecular weight is 331 g/mol.